The zero-order chi connectivity index (χ0) is 18.9. The van der Waals surface area contributed by atoms with Crippen LogP contribution in [0.25, 0.3) is 0 Å². The van der Waals surface area contributed by atoms with E-state index in [1.807, 2.05) is 24.3 Å². The maximum Gasteiger partial charge on any atom is 0.308 e. The molecular formula is C19H17IN2O4. The van der Waals surface area contributed by atoms with Gasteiger partial charge in [-0.3, -0.25) is 9.59 Å². The summed E-state index contributed by atoms with van der Waals surface area (Å²) >= 11 is 2.20. The molecule has 134 valence electrons. The summed E-state index contributed by atoms with van der Waals surface area (Å²) < 4.78 is 12.2. The standard InChI is InChI=1S/C19H17IN2O4/c1-12(23)22-19(3,14-8-10-15(11-9-14)25-13(2)24)26-18(21-22)16-6-4-5-7-17(16)20/h4-11H,1-3H3/t19-/m0/s1. The molecule has 0 fully saturated rings. The van der Waals surface area contributed by atoms with Gasteiger partial charge < -0.3 is 9.47 Å². The SMILES string of the molecule is CC(=O)Oc1ccc([C@]2(C)OC(c3ccccc3I)=NN2C(C)=O)cc1. The lowest BCUT2D eigenvalue weighted by molar-refractivity contribution is -0.146. The molecule has 0 spiro atoms. The Labute approximate surface area is 164 Å². The van der Waals surface area contributed by atoms with Crippen molar-refractivity contribution in [3.63, 3.8) is 0 Å². The molecule has 1 aliphatic rings. The number of hydrazone groups is 1. The van der Waals surface area contributed by atoms with Crippen LogP contribution in [-0.2, 0) is 20.1 Å². The van der Waals surface area contributed by atoms with Crippen LogP contribution in [0.4, 0.5) is 0 Å². The Morgan fingerprint density at radius 3 is 2.35 bits per heavy atom. The van der Waals surface area contributed by atoms with Gasteiger partial charge in [-0.2, -0.15) is 5.01 Å². The van der Waals surface area contributed by atoms with E-state index in [9.17, 15) is 9.59 Å². The van der Waals surface area contributed by atoms with E-state index in [0.29, 0.717) is 17.2 Å². The van der Waals surface area contributed by atoms with Crippen molar-refractivity contribution in [1.82, 2.24) is 5.01 Å². The molecule has 0 radical (unpaired) electrons. The molecule has 3 rings (SSSR count). The van der Waals surface area contributed by atoms with Gasteiger partial charge in [0, 0.05) is 29.9 Å². The molecule has 1 aliphatic heterocycles. The zero-order valence-corrected chi connectivity index (χ0v) is 16.7. The van der Waals surface area contributed by atoms with Crippen molar-refractivity contribution in [1.29, 1.82) is 0 Å². The highest BCUT2D eigenvalue weighted by atomic mass is 127. The number of benzene rings is 2. The molecule has 2 aromatic rings. The Kier molecular flexibility index (Phi) is 4.99. The second-order valence-corrected chi connectivity index (χ2v) is 7.08. The highest BCUT2D eigenvalue weighted by molar-refractivity contribution is 14.1. The van der Waals surface area contributed by atoms with Crippen LogP contribution in [0.1, 0.15) is 31.9 Å². The Morgan fingerprint density at radius 1 is 1.12 bits per heavy atom. The molecule has 7 heteroatoms. The first-order valence-electron chi connectivity index (χ1n) is 7.93. The van der Waals surface area contributed by atoms with Gasteiger partial charge >= 0.3 is 5.97 Å². The second-order valence-electron chi connectivity index (χ2n) is 5.92. The Morgan fingerprint density at radius 2 is 1.77 bits per heavy atom. The van der Waals surface area contributed by atoms with Crippen molar-refractivity contribution in [2.45, 2.75) is 26.5 Å². The highest BCUT2D eigenvalue weighted by Gasteiger charge is 2.45. The summed E-state index contributed by atoms with van der Waals surface area (Å²) in [7, 11) is 0. The fourth-order valence-electron chi connectivity index (χ4n) is 2.73. The minimum absolute atomic E-state index is 0.238. The van der Waals surface area contributed by atoms with Crippen LogP contribution in [0.15, 0.2) is 53.6 Å². The monoisotopic (exact) mass is 464 g/mol. The molecule has 0 saturated heterocycles. The summed E-state index contributed by atoms with van der Waals surface area (Å²) in [5.41, 5.74) is 0.447. The number of halogens is 1. The van der Waals surface area contributed by atoms with Gasteiger partial charge in [0.2, 0.25) is 17.5 Å². The molecule has 2 aromatic carbocycles. The Hall–Kier alpha value is -2.42. The number of esters is 1. The van der Waals surface area contributed by atoms with Crippen LogP contribution < -0.4 is 4.74 Å². The topological polar surface area (TPSA) is 68.2 Å². The molecule has 1 heterocycles. The number of hydrogen-bond acceptors (Lipinski definition) is 5. The van der Waals surface area contributed by atoms with Crippen LogP contribution in [0.3, 0.4) is 0 Å². The fourth-order valence-corrected chi connectivity index (χ4v) is 3.35. The summed E-state index contributed by atoms with van der Waals surface area (Å²) in [6.07, 6.45) is 0. The van der Waals surface area contributed by atoms with Crippen molar-refractivity contribution in [3.8, 4) is 5.75 Å². The minimum Gasteiger partial charge on any atom is -0.443 e. The van der Waals surface area contributed by atoms with E-state index in [1.54, 1.807) is 31.2 Å². The van der Waals surface area contributed by atoms with E-state index in [0.717, 1.165) is 9.13 Å². The van der Waals surface area contributed by atoms with Crippen molar-refractivity contribution in [2.75, 3.05) is 0 Å². The number of carbonyl (C=O) groups excluding carboxylic acids is 2. The highest BCUT2D eigenvalue weighted by Crippen LogP contribution is 2.37. The fraction of sp³-hybridized carbons (Fsp3) is 0.211. The predicted octanol–water partition coefficient (Wildman–Crippen LogP) is 3.63. The average Bonchev–Trinajstić information content (AvgIpc) is 2.94. The van der Waals surface area contributed by atoms with Gasteiger partial charge in [0.1, 0.15) is 5.75 Å². The van der Waals surface area contributed by atoms with Crippen molar-refractivity contribution < 1.29 is 19.1 Å². The number of rotatable bonds is 3. The first-order chi connectivity index (χ1) is 12.3. The van der Waals surface area contributed by atoms with Crippen LogP contribution in [0.5, 0.6) is 5.75 Å². The van der Waals surface area contributed by atoms with Gasteiger partial charge in [-0.1, -0.05) is 12.1 Å². The molecule has 0 unspecified atom stereocenters. The lowest BCUT2D eigenvalue weighted by Crippen LogP contribution is -2.41. The Balaban J connectivity index is 1.97. The van der Waals surface area contributed by atoms with Crippen molar-refractivity contribution >= 4 is 40.4 Å². The zero-order valence-electron chi connectivity index (χ0n) is 14.5. The Bertz CT molecular complexity index is 895. The van der Waals surface area contributed by atoms with Crippen LogP contribution in [0, 0.1) is 3.57 Å². The molecule has 6 nitrogen and oxygen atoms in total. The van der Waals surface area contributed by atoms with E-state index in [4.69, 9.17) is 9.47 Å². The summed E-state index contributed by atoms with van der Waals surface area (Å²) in [6.45, 7) is 4.56. The minimum atomic E-state index is -1.09. The van der Waals surface area contributed by atoms with Crippen LogP contribution >= 0.6 is 22.6 Å². The molecule has 0 aliphatic carbocycles. The molecule has 0 saturated carbocycles. The third-order valence-corrected chi connectivity index (χ3v) is 4.89. The number of ether oxygens (including phenoxy) is 2. The van der Waals surface area contributed by atoms with Gasteiger partial charge in [-0.25, -0.2) is 0 Å². The van der Waals surface area contributed by atoms with E-state index in [1.165, 1.54) is 18.9 Å². The maximum atomic E-state index is 12.2. The molecule has 1 atom stereocenters. The van der Waals surface area contributed by atoms with Crippen molar-refractivity contribution in [2.24, 2.45) is 5.10 Å². The van der Waals surface area contributed by atoms with Crippen LogP contribution in [0.2, 0.25) is 0 Å². The van der Waals surface area contributed by atoms with E-state index in [-0.39, 0.29) is 5.91 Å². The number of hydrogen-bond donors (Lipinski definition) is 0. The number of nitrogens with zero attached hydrogens (tertiary/aromatic N) is 2. The van der Waals surface area contributed by atoms with Gasteiger partial charge in [0.25, 0.3) is 0 Å². The average molecular weight is 464 g/mol. The lowest BCUT2D eigenvalue weighted by Gasteiger charge is -2.31. The first-order valence-corrected chi connectivity index (χ1v) is 9.01. The van der Waals surface area contributed by atoms with Gasteiger partial charge in [-0.15, -0.1) is 5.10 Å². The normalized spacial score (nSPS) is 18.9. The summed E-state index contributed by atoms with van der Waals surface area (Å²) in [5, 5.41) is 5.73. The summed E-state index contributed by atoms with van der Waals surface area (Å²) in [5.74, 6) is 0.181. The molecule has 1 amide bonds. The quantitative estimate of drug-likeness (QED) is 0.396. The predicted molar refractivity (Wildman–Crippen MR) is 104 cm³/mol. The summed E-state index contributed by atoms with van der Waals surface area (Å²) in [4.78, 5) is 23.2. The number of carbonyl (C=O) groups is 2. The van der Waals surface area contributed by atoms with Crippen LogP contribution in [-0.4, -0.2) is 22.8 Å². The molecule has 26 heavy (non-hydrogen) atoms. The smallest absolute Gasteiger partial charge is 0.308 e. The summed E-state index contributed by atoms with van der Waals surface area (Å²) in [6, 6.07) is 14.5. The lowest BCUT2D eigenvalue weighted by atomic mass is 10.0. The van der Waals surface area contributed by atoms with E-state index >= 15 is 0 Å². The molecular weight excluding hydrogens is 447 g/mol. The molecule has 0 bridgehead atoms. The first kappa shape index (κ1) is 18.4. The maximum absolute atomic E-state index is 12.2. The van der Waals surface area contributed by atoms with E-state index < -0.39 is 11.7 Å². The van der Waals surface area contributed by atoms with Gasteiger partial charge in [0.05, 0.1) is 5.56 Å². The molecule has 0 N–H and O–H groups in total. The second kappa shape index (κ2) is 7.06. The number of amides is 1. The molecule has 0 aromatic heterocycles. The third-order valence-electron chi connectivity index (χ3n) is 3.94. The third kappa shape index (κ3) is 3.44. The van der Waals surface area contributed by atoms with E-state index in [2.05, 4.69) is 27.7 Å². The largest absolute Gasteiger partial charge is 0.443 e. The van der Waals surface area contributed by atoms with Gasteiger partial charge in [0.15, 0.2) is 0 Å². The van der Waals surface area contributed by atoms with Gasteiger partial charge in [-0.05, 0) is 59.0 Å². The van der Waals surface area contributed by atoms with Crippen molar-refractivity contribution in [3.05, 3.63) is 63.2 Å².